The van der Waals surface area contributed by atoms with Crippen molar-refractivity contribution in [2.75, 3.05) is 31.9 Å². The summed E-state index contributed by atoms with van der Waals surface area (Å²) in [6.45, 7) is 5.85. The third-order valence-electron chi connectivity index (χ3n) is 4.62. The SMILES string of the molecule is Nc1ccc(Cl)c(CN2CCC(N3CCCCC3)C2)c1. The van der Waals surface area contributed by atoms with Crippen LogP contribution in [-0.2, 0) is 6.54 Å². The van der Waals surface area contributed by atoms with Crippen molar-refractivity contribution in [3.05, 3.63) is 28.8 Å². The maximum Gasteiger partial charge on any atom is 0.0452 e. The van der Waals surface area contributed by atoms with Crippen molar-refractivity contribution in [1.29, 1.82) is 0 Å². The standard InChI is InChI=1S/C16H24ClN3/c17-16-5-4-14(18)10-13(16)11-19-9-6-15(12-19)20-7-2-1-3-8-20/h4-5,10,15H,1-3,6-9,11-12,18H2. The molecule has 1 aromatic carbocycles. The minimum Gasteiger partial charge on any atom is -0.399 e. The normalized spacial score (nSPS) is 25.1. The van der Waals surface area contributed by atoms with Gasteiger partial charge in [0.2, 0.25) is 0 Å². The summed E-state index contributed by atoms with van der Waals surface area (Å²) >= 11 is 6.27. The Morgan fingerprint density at radius 1 is 1.15 bits per heavy atom. The molecule has 0 aromatic heterocycles. The number of piperidine rings is 1. The Hall–Kier alpha value is -0.770. The van der Waals surface area contributed by atoms with Gasteiger partial charge >= 0.3 is 0 Å². The summed E-state index contributed by atoms with van der Waals surface area (Å²) in [5.74, 6) is 0. The molecule has 3 nitrogen and oxygen atoms in total. The molecule has 2 aliphatic rings. The molecule has 0 spiro atoms. The van der Waals surface area contributed by atoms with E-state index in [1.807, 2.05) is 18.2 Å². The van der Waals surface area contributed by atoms with E-state index in [2.05, 4.69) is 9.80 Å². The molecule has 0 radical (unpaired) electrons. The van der Waals surface area contributed by atoms with Crippen molar-refractivity contribution in [2.45, 2.75) is 38.3 Å². The van der Waals surface area contributed by atoms with Crippen molar-refractivity contribution in [3.8, 4) is 0 Å². The highest BCUT2D eigenvalue weighted by Crippen LogP contribution is 2.25. The Morgan fingerprint density at radius 2 is 1.95 bits per heavy atom. The first-order chi connectivity index (χ1) is 9.72. The number of nitrogens with zero attached hydrogens (tertiary/aromatic N) is 2. The molecule has 0 saturated carbocycles. The summed E-state index contributed by atoms with van der Waals surface area (Å²) in [7, 11) is 0. The molecule has 110 valence electrons. The average molecular weight is 294 g/mol. The van der Waals surface area contributed by atoms with E-state index in [-0.39, 0.29) is 0 Å². The van der Waals surface area contributed by atoms with E-state index >= 15 is 0 Å². The third kappa shape index (κ3) is 3.27. The lowest BCUT2D eigenvalue weighted by atomic mass is 10.1. The van der Waals surface area contributed by atoms with E-state index in [9.17, 15) is 0 Å². The smallest absolute Gasteiger partial charge is 0.0452 e. The van der Waals surface area contributed by atoms with Crippen LogP contribution in [0.5, 0.6) is 0 Å². The molecule has 0 aliphatic carbocycles. The highest BCUT2D eigenvalue weighted by molar-refractivity contribution is 6.31. The molecule has 2 N–H and O–H groups in total. The topological polar surface area (TPSA) is 32.5 Å². The van der Waals surface area contributed by atoms with Gasteiger partial charge in [-0.2, -0.15) is 0 Å². The summed E-state index contributed by atoms with van der Waals surface area (Å²) in [6, 6.07) is 6.53. The number of anilines is 1. The fourth-order valence-electron chi connectivity index (χ4n) is 3.49. The molecule has 2 fully saturated rings. The Bertz CT molecular complexity index is 457. The van der Waals surface area contributed by atoms with Crippen LogP contribution in [0.4, 0.5) is 5.69 Å². The van der Waals surface area contributed by atoms with Gasteiger partial charge in [0.05, 0.1) is 0 Å². The average Bonchev–Trinajstić information content (AvgIpc) is 2.92. The van der Waals surface area contributed by atoms with Gasteiger partial charge in [-0.15, -0.1) is 0 Å². The van der Waals surface area contributed by atoms with Gasteiger partial charge in [0.15, 0.2) is 0 Å². The van der Waals surface area contributed by atoms with E-state index in [0.29, 0.717) is 0 Å². The van der Waals surface area contributed by atoms with Crippen molar-refractivity contribution >= 4 is 17.3 Å². The van der Waals surface area contributed by atoms with Gasteiger partial charge < -0.3 is 5.73 Å². The first-order valence-electron chi connectivity index (χ1n) is 7.73. The minimum absolute atomic E-state index is 0.745. The summed E-state index contributed by atoms with van der Waals surface area (Å²) in [6.07, 6.45) is 5.45. The van der Waals surface area contributed by atoms with Crippen LogP contribution in [0.15, 0.2) is 18.2 Å². The molecule has 1 atom stereocenters. The van der Waals surface area contributed by atoms with Crippen LogP contribution in [-0.4, -0.2) is 42.0 Å². The lowest BCUT2D eigenvalue weighted by molar-refractivity contribution is 0.161. The van der Waals surface area contributed by atoms with E-state index in [0.717, 1.165) is 28.9 Å². The molecule has 0 bridgehead atoms. The van der Waals surface area contributed by atoms with Gasteiger partial charge in [0.1, 0.15) is 0 Å². The maximum absolute atomic E-state index is 6.27. The van der Waals surface area contributed by atoms with E-state index in [1.165, 1.54) is 51.9 Å². The van der Waals surface area contributed by atoms with Gasteiger partial charge in [-0.3, -0.25) is 9.80 Å². The van der Waals surface area contributed by atoms with Gasteiger partial charge in [0.25, 0.3) is 0 Å². The van der Waals surface area contributed by atoms with Gasteiger partial charge in [-0.1, -0.05) is 18.0 Å². The number of hydrogen-bond donors (Lipinski definition) is 1. The highest BCUT2D eigenvalue weighted by Gasteiger charge is 2.28. The lowest BCUT2D eigenvalue weighted by Gasteiger charge is -2.32. The second-order valence-electron chi connectivity index (χ2n) is 6.13. The Labute approximate surface area is 126 Å². The van der Waals surface area contributed by atoms with E-state index in [1.54, 1.807) is 0 Å². The summed E-state index contributed by atoms with van der Waals surface area (Å²) in [4.78, 5) is 5.20. The zero-order chi connectivity index (χ0) is 13.9. The van der Waals surface area contributed by atoms with Crippen molar-refractivity contribution in [3.63, 3.8) is 0 Å². The van der Waals surface area contributed by atoms with Gasteiger partial charge in [-0.05, 0) is 56.1 Å². The molecule has 20 heavy (non-hydrogen) atoms. The van der Waals surface area contributed by atoms with E-state index in [4.69, 9.17) is 17.3 Å². The van der Waals surface area contributed by atoms with Crippen molar-refractivity contribution < 1.29 is 0 Å². The lowest BCUT2D eigenvalue weighted by Crippen LogP contribution is -2.40. The van der Waals surface area contributed by atoms with Crippen LogP contribution in [0.2, 0.25) is 5.02 Å². The zero-order valence-corrected chi connectivity index (χ0v) is 12.8. The fourth-order valence-corrected chi connectivity index (χ4v) is 3.67. The number of hydrogen-bond acceptors (Lipinski definition) is 3. The predicted molar refractivity (Wildman–Crippen MR) is 85.0 cm³/mol. The molecule has 1 aromatic rings. The van der Waals surface area contributed by atoms with Crippen molar-refractivity contribution in [2.24, 2.45) is 0 Å². The molecule has 1 unspecified atom stereocenters. The summed E-state index contributed by atoms with van der Waals surface area (Å²) < 4.78 is 0. The monoisotopic (exact) mass is 293 g/mol. The number of nitrogens with two attached hydrogens (primary N) is 1. The molecule has 0 amide bonds. The second-order valence-corrected chi connectivity index (χ2v) is 6.53. The molecular weight excluding hydrogens is 270 g/mol. The number of rotatable bonds is 3. The van der Waals surface area contributed by atoms with Gasteiger partial charge in [-0.25, -0.2) is 0 Å². The Balaban J connectivity index is 1.58. The van der Waals surface area contributed by atoms with Crippen LogP contribution >= 0.6 is 11.6 Å². The van der Waals surface area contributed by atoms with Crippen LogP contribution in [0.3, 0.4) is 0 Å². The van der Waals surface area contributed by atoms with Crippen molar-refractivity contribution in [1.82, 2.24) is 9.80 Å². The summed E-state index contributed by atoms with van der Waals surface area (Å²) in [5, 5.41) is 0.834. The van der Waals surface area contributed by atoms with Crippen LogP contribution in [0.1, 0.15) is 31.2 Å². The third-order valence-corrected chi connectivity index (χ3v) is 4.99. The summed E-state index contributed by atoms with van der Waals surface area (Å²) in [5.41, 5.74) is 7.82. The Morgan fingerprint density at radius 3 is 2.75 bits per heavy atom. The molecule has 3 rings (SSSR count). The zero-order valence-electron chi connectivity index (χ0n) is 12.0. The van der Waals surface area contributed by atoms with Gasteiger partial charge in [0, 0.05) is 36.4 Å². The number of likely N-dealkylation sites (tertiary alicyclic amines) is 2. The quantitative estimate of drug-likeness (QED) is 0.870. The van der Waals surface area contributed by atoms with Crippen LogP contribution in [0.25, 0.3) is 0 Å². The first-order valence-corrected chi connectivity index (χ1v) is 8.10. The number of benzene rings is 1. The highest BCUT2D eigenvalue weighted by atomic mass is 35.5. The number of nitrogen functional groups attached to an aromatic ring is 1. The first kappa shape index (κ1) is 14.2. The minimum atomic E-state index is 0.745. The maximum atomic E-state index is 6.27. The predicted octanol–water partition coefficient (Wildman–Crippen LogP) is 2.98. The fraction of sp³-hybridized carbons (Fsp3) is 0.625. The second kappa shape index (κ2) is 6.33. The van der Waals surface area contributed by atoms with Crippen LogP contribution < -0.4 is 5.73 Å². The Kier molecular flexibility index (Phi) is 4.49. The van der Waals surface area contributed by atoms with Crippen LogP contribution in [0, 0.1) is 0 Å². The molecule has 2 aliphatic heterocycles. The van der Waals surface area contributed by atoms with E-state index < -0.39 is 0 Å². The molecule has 4 heteroatoms. The molecule has 2 saturated heterocycles. The molecular formula is C16H24ClN3. The molecule has 2 heterocycles. The number of halogens is 1. The largest absolute Gasteiger partial charge is 0.399 e.